The van der Waals surface area contributed by atoms with Crippen LogP contribution in [0.5, 0.6) is 0 Å². The molecule has 2 unspecified atom stereocenters. The van der Waals surface area contributed by atoms with Gasteiger partial charge in [-0.2, -0.15) is 13.2 Å². The second kappa shape index (κ2) is 7.34. The van der Waals surface area contributed by atoms with E-state index in [1.165, 1.54) is 12.1 Å². The molecule has 1 aliphatic carbocycles. The molecule has 2 atom stereocenters. The van der Waals surface area contributed by atoms with E-state index in [0.29, 0.717) is 42.5 Å². The van der Waals surface area contributed by atoms with Crippen molar-refractivity contribution in [2.75, 3.05) is 0 Å². The summed E-state index contributed by atoms with van der Waals surface area (Å²) >= 11 is 11.3. The number of benzene rings is 2. The number of hydrogen-bond acceptors (Lipinski definition) is 3. The predicted molar refractivity (Wildman–Crippen MR) is 102 cm³/mol. The smallest absolute Gasteiger partial charge is 0.438 e. The van der Waals surface area contributed by atoms with Gasteiger partial charge in [-0.05, 0) is 48.6 Å². The van der Waals surface area contributed by atoms with Gasteiger partial charge in [0.05, 0.1) is 15.6 Å². The molecule has 2 aromatic carbocycles. The van der Waals surface area contributed by atoms with Crippen molar-refractivity contribution < 1.29 is 36.7 Å². The molecule has 0 saturated heterocycles. The van der Waals surface area contributed by atoms with Crippen LogP contribution in [0.25, 0.3) is 0 Å². The second-order valence-corrected chi connectivity index (χ2v) is 8.01. The first-order valence-corrected chi connectivity index (χ1v) is 9.75. The molecule has 0 fully saturated rings. The molecular formula is C20H12Cl2F5NO3. The lowest BCUT2D eigenvalue weighted by Gasteiger charge is -2.32. The first-order valence-electron chi connectivity index (χ1n) is 8.99. The van der Waals surface area contributed by atoms with Gasteiger partial charge in [-0.25, -0.2) is 13.6 Å². The Bertz CT molecular complexity index is 1110. The number of oxime groups is 1. The van der Waals surface area contributed by atoms with E-state index in [-0.39, 0.29) is 11.1 Å². The van der Waals surface area contributed by atoms with E-state index < -0.39 is 51.1 Å². The van der Waals surface area contributed by atoms with E-state index in [4.69, 9.17) is 23.2 Å². The first kappa shape index (κ1) is 21.8. The highest BCUT2D eigenvalue weighted by atomic mass is 35.5. The summed E-state index contributed by atoms with van der Waals surface area (Å²) in [6, 6.07) is 3.62. The Hall–Kier alpha value is -2.39. The van der Waals surface area contributed by atoms with E-state index in [1.54, 1.807) is 0 Å². The number of carboxylic acids is 1. The second-order valence-electron chi connectivity index (χ2n) is 7.19. The predicted octanol–water partition coefficient (Wildman–Crippen LogP) is 5.85. The number of aromatic carboxylic acids is 1. The molecule has 0 saturated carbocycles. The molecule has 1 aliphatic heterocycles. The fraction of sp³-hybridized carbons (Fsp3) is 0.300. The maximum absolute atomic E-state index is 15.6. The van der Waals surface area contributed by atoms with Crippen molar-refractivity contribution in [3.63, 3.8) is 0 Å². The lowest BCUT2D eigenvalue weighted by atomic mass is 9.83. The summed E-state index contributed by atoms with van der Waals surface area (Å²) in [7, 11) is 0. The van der Waals surface area contributed by atoms with Crippen LogP contribution in [0.15, 0.2) is 29.4 Å². The zero-order valence-electron chi connectivity index (χ0n) is 15.4. The summed E-state index contributed by atoms with van der Waals surface area (Å²) in [6.45, 7) is 0. The van der Waals surface area contributed by atoms with Crippen molar-refractivity contribution in [1.29, 1.82) is 0 Å². The minimum Gasteiger partial charge on any atom is -0.478 e. The van der Waals surface area contributed by atoms with Crippen molar-refractivity contribution in [1.82, 2.24) is 0 Å². The third-order valence-corrected chi connectivity index (χ3v) is 6.06. The third kappa shape index (κ3) is 3.17. The van der Waals surface area contributed by atoms with Crippen molar-refractivity contribution >= 4 is 34.9 Å². The molecular weight excluding hydrogens is 468 g/mol. The Morgan fingerprint density at radius 3 is 2.35 bits per heavy atom. The highest BCUT2D eigenvalue weighted by molar-refractivity contribution is 6.35. The molecule has 2 aliphatic rings. The molecule has 4 rings (SSSR count). The van der Waals surface area contributed by atoms with Crippen LogP contribution in [0.4, 0.5) is 22.0 Å². The Labute approximate surface area is 182 Å². The van der Waals surface area contributed by atoms with Crippen molar-refractivity contribution in [3.05, 3.63) is 67.9 Å². The SMILES string of the molecule is O=C(O)c1ccc(C2=NOC(c3cc(Cl)c(F)c(Cl)c3)(C(F)(F)F)C2F)c2c1CCC2. The monoisotopic (exact) mass is 479 g/mol. The number of alkyl halides is 4. The molecule has 0 aromatic heterocycles. The third-order valence-electron chi connectivity index (χ3n) is 5.51. The van der Waals surface area contributed by atoms with Gasteiger partial charge in [0.2, 0.25) is 6.17 Å². The lowest BCUT2D eigenvalue weighted by Crippen LogP contribution is -2.51. The molecule has 11 heteroatoms. The Morgan fingerprint density at radius 1 is 1.16 bits per heavy atom. The van der Waals surface area contributed by atoms with Crippen LogP contribution in [0.2, 0.25) is 10.0 Å². The van der Waals surface area contributed by atoms with Crippen LogP contribution < -0.4 is 0 Å². The lowest BCUT2D eigenvalue weighted by molar-refractivity contribution is -0.289. The first-order chi connectivity index (χ1) is 14.5. The summed E-state index contributed by atoms with van der Waals surface area (Å²) in [6.07, 6.45) is -6.85. The van der Waals surface area contributed by atoms with Gasteiger partial charge in [-0.1, -0.05) is 34.4 Å². The summed E-state index contributed by atoms with van der Waals surface area (Å²) < 4.78 is 71.8. The highest BCUT2D eigenvalue weighted by Crippen LogP contribution is 2.51. The molecule has 1 N–H and O–H groups in total. The number of rotatable bonds is 3. The average Bonchev–Trinajstić information content (AvgIpc) is 3.30. The van der Waals surface area contributed by atoms with E-state index >= 15 is 4.39 Å². The number of halogens is 7. The van der Waals surface area contributed by atoms with E-state index in [9.17, 15) is 27.5 Å². The van der Waals surface area contributed by atoms with Gasteiger partial charge in [0, 0.05) is 11.1 Å². The van der Waals surface area contributed by atoms with Crippen molar-refractivity contribution in [3.8, 4) is 0 Å². The summed E-state index contributed by atoms with van der Waals surface area (Å²) in [5.41, 5.74) is -4.19. The minimum atomic E-state index is -5.31. The van der Waals surface area contributed by atoms with E-state index in [2.05, 4.69) is 9.99 Å². The molecule has 0 bridgehead atoms. The van der Waals surface area contributed by atoms with Crippen LogP contribution in [0.1, 0.15) is 39.0 Å². The van der Waals surface area contributed by atoms with Gasteiger partial charge in [-0.3, -0.25) is 0 Å². The quantitative estimate of drug-likeness (QED) is 0.443. The normalized spacial score (nSPS) is 22.8. The maximum atomic E-state index is 15.6. The zero-order chi connectivity index (χ0) is 22.7. The van der Waals surface area contributed by atoms with E-state index in [1.807, 2.05) is 0 Å². The fourth-order valence-corrected chi connectivity index (χ4v) is 4.55. The average molecular weight is 480 g/mol. The number of hydrogen-bond donors (Lipinski definition) is 1. The number of carbonyl (C=O) groups is 1. The van der Waals surface area contributed by atoms with Crippen LogP contribution in [0, 0.1) is 5.82 Å². The number of nitrogens with zero attached hydrogens (tertiary/aromatic N) is 1. The molecule has 0 amide bonds. The molecule has 4 nitrogen and oxygen atoms in total. The topological polar surface area (TPSA) is 58.9 Å². The Kier molecular flexibility index (Phi) is 5.17. The minimum absolute atomic E-state index is 0.00496. The molecule has 0 spiro atoms. The highest BCUT2D eigenvalue weighted by Gasteiger charge is 2.69. The maximum Gasteiger partial charge on any atom is 0.438 e. The summed E-state index contributed by atoms with van der Waals surface area (Å²) in [5.74, 6) is -2.34. The summed E-state index contributed by atoms with van der Waals surface area (Å²) in [5, 5.41) is 11.3. The van der Waals surface area contributed by atoms with Gasteiger partial charge >= 0.3 is 12.1 Å². The fourth-order valence-electron chi connectivity index (χ4n) is 4.07. The van der Waals surface area contributed by atoms with Crippen molar-refractivity contribution in [2.45, 2.75) is 37.2 Å². The van der Waals surface area contributed by atoms with E-state index in [0.717, 1.165) is 0 Å². The van der Waals surface area contributed by atoms with Gasteiger partial charge in [0.15, 0.2) is 5.82 Å². The van der Waals surface area contributed by atoms with Crippen LogP contribution in [-0.4, -0.2) is 29.1 Å². The van der Waals surface area contributed by atoms with Gasteiger partial charge < -0.3 is 9.94 Å². The number of fused-ring (bicyclic) bond motifs is 1. The largest absolute Gasteiger partial charge is 0.478 e. The molecule has 2 aromatic rings. The summed E-state index contributed by atoms with van der Waals surface area (Å²) in [4.78, 5) is 16.1. The molecule has 0 radical (unpaired) electrons. The van der Waals surface area contributed by atoms with Gasteiger partial charge in [0.1, 0.15) is 5.71 Å². The Balaban J connectivity index is 1.86. The standard InChI is InChI=1S/C20H12Cl2F5NO3/c21-13-6-8(7-14(22)15(13)23)19(20(25,26)27)17(24)16(28-31-19)11-4-5-12(18(29)30)10-3-1-2-9(10)11/h4-7,17H,1-3H2,(H,29,30). The van der Waals surface area contributed by atoms with Crippen LogP contribution in [-0.2, 0) is 23.3 Å². The van der Waals surface area contributed by atoms with Crippen LogP contribution in [0.3, 0.4) is 0 Å². The molecule has 1 heterocycles. The van der Waals surface area contributed by atoms with Crippen molar-refractivity contribution in [2.24, 2.45) is 5.16 Å². The zero-order valence-corrected chi connectivity index (χ0v) is 16.9. The number of carboxylic acid groups (broad SMARTS) is 1. The van der Waals surface area contributed by atoms with Crippen LogP contribution >= 0.6 is 23.2 Å². The molecule has 164 valence electrons. The Morgan fingerprint density at radius 2 is 1.77 bits per heavy atom. The molecule has 31 heavy (non-hydrogen) atoms. The van der Waals surface area contributed by atoms with Gasteiger partial charge in [-0.15, -0.1) is 0 Å². The van der Waals surface area contributed by atoms with Gasteiger partial charge in [0.25, 0.3) is 5.60 Å².